The topological polar surface area (TPSA) is 75.2 Å². The minimum Gasteiger partial charge on any atom is -0.496 e. The summed E-state index contributed by atoms with van der Waals surface area (Å²) in [6, 6.07) is 7.23. The van der Waals surface area contributed by atoms with Gasteiger partial charge < -0.3 is 18.5 Å². The second-order valence-corrected chi connectivity index (χ2v) is 8.29. The summed E-state index contributed by atoms with van der Waals surface area (Å²) in [5.41, 5.74) is 0.499. The normalized spacial score (nSPS) is 17.5. The fraction of sp³-hybridized carbons (Fsp3) is 0.292. The zero-order chi connectivity index (χ0) is 24.0. The number of halogens is 3. The van der Waals surface area contributed by atoms with Gasteiger partial charge in [-0.25, -0.2) is 18.2 Å². The van der Waals surface area contributed by atoms with Crippen LogP contribution in [0.1, 0.15) is 31.5 Å². The smallest absolute Gasteiger partial charge is 0.194 e. The van der Waals surface area contributed by atoms with Crippen molar-refractivity contribution in [1.82, 2.24) is 19.7 Å². The number of benzene rings is 2. The van der Waals surface area contributed by atoms with E-state index in [0.717, 1.165) is 23.3 Å². The van der Waals surface area contributed by atoms with Gasteiger partial charge in [-0.15, -0.1) is 10.2 Å². The largest absolute Gasteiger partial charge is 0.496 e. The lowest BCUT2D eigenvalue weighted by atomic mass is 9.95. The molecular formula is C24H21F3N4O3. The first kappa shape index (κ1) is 22.0. The van der Waals surface area contributed by atoms with Gasteiger partial charge in [0.25, 0.3) is 0 Å². The molecule has 2 aromatic carbocycles. The van der Waals surface area contributed by atoms with Gasteiger partial charge >= 0.3 is 0 Å². The van der Waals surface area contributed by atoms with Gasteiger partial charge in [-0.2, -0.15) is 0 Å². The monoisotopic (exact) mass is 470 g/mol. The van der Waals surface area contributed by atoms with E-state index in [1.165, 1.54) is 0 Å². The van der Waals surface area contributed by atoms with Crippen LogP contribution in [-0.2, 0) is 12.1 Å². The van der Waals surface area contributed by atoms with Crippen molar-refractivity contribution in [3.8, 4) is 34.2 Å². The van der Waals surface area contributed by atoms with Crippen LogP contribution in [0.15, 0.2) is 40.9 Å². The molecule has 0 saturated carbocycles. The maximum absolute atomic E-state index is 13.7. The first-order valence-electron chi connectivity index (χ1n) is 10.7. The highest BCUT2D eigenvalue weighted by Gasteiger charge is 2.39. The summed E-state index contributed by atoms with van der Waals surface area (Å²) >= 11 is 0. The van der Waals surface area contributed by atoms with E-state index in [0.29, 0.717) is 48.4 Å². The summed E-state index contributed by atoms with van der Waals surface area (Å²) in [5, 5.41) is 8.71. The Kier molecular flexibility index (Phi) is 5.30. The van der Waals surface area contributed by atoms with Crippen LogP contribution in [0.4, 0.5) is 13.2 Å². The Hall–Kier alpha value is -3.82. The predicted octanol–water partition coefficient (Wildman–Crippen LogP) is 5.42. The lowest BCUT2D eigenvalue weighted by Crippen LogP contribution is -2.37. The first-order chi connectivity index (χ1) is 16.3. The Balaban J connectivity index is 1.51. The number of nitrogens with zero attached hydrogens (tertiary/aromatic N) is 4. The van der Waals surface area contributed by atoms with Crippen LogP contribution in [0, 0.1) is 24.4 Å². The van der Waals surface area contributed by atoms with Gasteiger partial charge in [0.2, 0.25) is 0 Å². The Bertz CT molecular complexity index is 1360. The minimum atomic E-state index is -1.54. The van der Waals surface area contributed by atoms with Gasteiger partial charge in [0.1, 0.15) is 11.5 Å². The fourth-order valence-corrected chi connectivity index (χ4v) is 4.27. The summed E-state index contributed by atoms with van der Waals surface area (Å²) in [6.45, 7) is 4.17. The van der Waals surface area contributed by atoms with Gasteiger partial charge in [0, 0.05) is 31.2 Å². The van der Waals surface area contributed by atoms with Gasteiger partial charge in [-0.05, 0) is 31.9 Å². The molecule has 7 nitrogen and oxygen atoms in total. The van der Waals surface area contributed by atoms with Crippen LogP contribution in [0.2, 0.25) is 0 Å². The first-order valence-corrected chi connectivity index (χ1v) is 10.7. The number of aryl methyl sites for hydroxylation is 1. The van der Waals surface area contributed by atoms with E-state index in [4.69, 9.17) is 13.9 Å². The van der Waals surface area contributed by atoms with Crippen LogP contribution >= 0.6 is 0 Å². The molecule has 10 heteroatoms. The number of rotatable bonds is 5. The van der Waals surface area contributed by atoms with Crippen LogP contribution in [0.3, 0.4) is 0 Å². The van der Waals surface area contributed by atoms with Gasteiger partial charge in [0.05, 0.1) is 18.9 Å². The molecule has 0 fully saturated rings. The maximum Gasteiger partial charge on any atom is 0.194 e. The second kappa shape index (κ2) is 8.19. The molecule has 0 bridgehead atoms. The summed E-state index contributed by atoms with van der Waals surface area (Å²) in [6.07, 6.45) is 2.89. The van der Waals surface area contributed by atoms with Crippen LogP contribution < -0.4 is 9.47 Å². The summed E-state index contributed by atoms with van der Waals surface area (Å²) in [4.78, 5) is 4.13. The highest BCUT2D eigenvalue weighted by Crippen LogP contribution is 2.39. The van der Waals surface area contributed by atoms with E-state index in [1.54, 1.807) is 27.2 Å². The van der Waals surface area contributed by atoms with Crippen molar-refractivity contribution >= 4 is 0 Å². The van der Waals surface area contributed by atoms with Crippen molar-refractivity contribution in [2.24, 2.45) is 0 Å². The quantitative estimate of drug-likeness (QED) is 0.363. The molecule has 34 heavy (non-hydrogen) atoms. The molecule has 0 radical (unpaired) electrons. The third kappa shape index (κ3) is 3.68. The highest BCUT2D eigenvalue weighted by atomic mass is 19.2. The average Bonchev–Trinajstić information content (AvgIpc) is 3.44. The Morgan fingerprint density at radius 3 is 2.53 bits per heavy atom. The van der Waals surface area contributed by atoms with Crippen LogP contribution in [-0.4, -0.2) is 26.9 Å². The third-order valence-electron chi connectivity index (χ3n) is 5.91. The molecule has 1 aliphatic heterocycles. The molecular weight excluding hydrogens is 449 g/mol. The summed E-state index contributed by atoms with van der Waals surface area (Å²) in [7, 11) is 1.57. The SMILES string of the molecule is COc1cc(-c2nnc3n2CCCC3(C)Oc2cc(F)c(F)c(F)c2)ccc1-c1cnc(C)o1. The number of aromatic nitrogens is 4. The highest BCUT2D eigenvalue weighted by molar-refractivity contribution is 5.71. The Morgan fingerprint density at radius 1 is 1.09 bits per heavy atom. The van der Waals surface area contributed by atoms with Crippen molar-refractivity contribution in [3.63, 3.8) is 0 Å². The van der Waals surface area contributed by atoms with Crippen molar-refractivity contribution in [1.29, 1.82) is 0 Å². The van der Waals surface area contributed by atoms with Crippen molar-refractivity contribution in [3.05, 3.63) is 65.7 Å². The second-order valence-electron chi connectivity index (χ2n) is 8.29. The molecule has 0 amide bonds. The van der Waals surface area contributed by atoms with Gasteiger partial charge in [-0.3, -0.25) is 0 Å². The van der Waals surface area contributed by atoms with E-state index >= 15 is 0 Å². The molecule has 5 rings (SSSR count). The van der Waals surface area contributed by atoms with Gasteiger partial charge in [0.15, 0.2) is 46.4 Å². The molecule has 4 aromatic rings. The van der Waals surface area contributed by atoms with Crippen molar-refractivity contribution in [2.75, 3.05) is 7.11 Å². The van der Waals surface area contributed by atoms with E-state index in [2.05, 4.69) is 15.2 Å². The fourth-order valence-electron chi connectivity index (χ4n) is 4.27. The molecule has 0 aliphatic carbocycles. The molecule has 0 N–H and O–H groups in total. The molecule has 176 valence electrons. The molecule has 1 aliphatic rings. The molecule has 3 heterocycles. The zero-order valence-electron chi connectivity index (χ0n) is 18.7. The molecule has 0 saturated heterocycles. The van der Waals surface area contributed by atoms with Crippen molar-refractivity contribution in [2.45, 2.75) is 38.8 Å². The Morgan fingerprint density at radius 2 is 1.85 bits per heavy atom. The average molecular weight is 470 g/mol. The standard InChI is InChI=1S/C24H21F3N4O3/c1-13-28-12-20(33-13)16-6-5-14(9-19(16)32-3)22-29-30-23-24(2,7-4-8-31(22)23)34-15-10-17(25)21(27)18(26)11-15/h5-6,9-12H,4,7-8H2,1-3H3. The van der Waals surface area contributed by atoms with Crippen molar-refractivity contribution < 1.29 is 27.1 Å². The third-order valence-corrected chi connectivity index (χ3v) is 5.91. The van der Waals surface area contributed by atoms with E-state index in [-0.39, 0.29) is 5.75 Å². The summed E-state index contributed by atoms with van der Waals surface area (Å²) in [5.74, 6) is -1.46. The zero-order valence-corrected chi connectivity index (χ0v) is 18.7. The maximum atomic E-state index is 13.7. The van der Waals surface area contributed by atoms with E-state index < -0.39 is 23.1 Å². The summed E-state index contributed by atoms with van der Waals surface area (Å²) < 4.78 is 59.8. The number of oxazole rings is 1. The van der Waals surface area contributed by atoms with Gasteiger partial charge in [-0.1, -0.05) is 6.07 Å². The lowest BCUT2D eigenvalue weighted by Gasteiger charge is -2.34. The lowest BCUT2D eigenvalue weighted by molar-refractivity contribution is 0.0463. The number of methoxy groups -OCH3 is 1. The van der Waals surface area contributed by atoms with Crippen LogP contribution in [0.5, 0.6) is 11.5 Å². The number of fused-ring (bicyclic) bond motifs is 1. The molecule has 1 atom stereocenters. The Labute approximate surface area is 193 Å². The number of hydrogen-bond acceptors (Lipinski definition) is 6. The van der Waals surface area contributed by atoms with E-state index in [9.17, 15) is 13.2 Å². The van der Waals surface area contributed by atoms with Crippen LogP contribution in [0.25, 0.3) is 22.7 Å². The molecule has 1 unspecified atom stereocenters. The number of hydrogen-bond donors (Lipinski definition) is 0. The predicted molar refractivity (Wildman–Crippen MR) is 116 cm³/mol. The van der Waals surface area contributed by atoms with E-state index in [1.807, 2.05) is 22.8 Å². The molecule has 2 aromatic heterocycles. The minimum absolute atomic E-state index is 0.120. The number of ether oxygens (including phenoxy) is 2. The molecule has 0 spiro atoms.